The number of rotatable bonds is 7. The first kappa shape index (κ1) is 26.0. The molecule has 2 saturated heterocycles. The Kier molecular flexibility index (Phi) is 7.24. The van der Waals surface area contributed by atoms with Crippen LogP contribution in [0.2, 0.25) is 0 Å². The van der Waals surface area contributed by atoms with Crippen LogP contribution in [-0.4, -0.2) is 85.3 Å². The van der Waals surface area contributed by atoms with E-state index in [2.05, 4.69) is 19.9 Å². The van der Waals surface area contributed by atoms with Crippen molar-refractivity contribution in [1.82, 2.24) is 14.7 Å². The van der Waals surface area contributed by atoms with E-state index < -0.39 is 28.7 Å². The van der Waals surface area contributed by atoms with E-state index in [1.807, 2.05) is 58.4 Å². The molecule has 0 bridgehead atoms. The molecule has 1 aromatic rings. The van der Waals surface area contributed by atoms with Crippen LogP contribution >= 0.6 is 11.8 Å². The molecule has 198 valence electrons. The fraction of sp³-hybridized carbons (Fsp3) is 0.552. The van der Waals surface area contributed by atoms with Gasteiger partial charge in [-0.15, -0.1) is 11.8 Å². The van der Waals surface area contributed by atoms with E-state index in [1.54, 1.807) is 23.6 Å². The average molecular weight is 524 g/mol. The summed E-state index contributed by atoms with van der Waals surface area (Å²) in [4.78, 5) is 47.8. The Balaban J connectivity index is 1.55. The van der Waals surface area contributed by atoms with Gasteiger partial charge in [-0.25, -0.2) is 0 Å². The van der Waals surface area contributed by atoms with Gasteiger partial charge in [-0.2, -0.15) is 0 Å². The maximum absolute atomic E-state index is 14.2. The van der Waals surface area contributed by atoms with Crippen molar-refractivity contribution >= 4 is 29.5 Å². The highest BCUT2D eigenvalue weighted by atomic mass is 32.2. The van der Waals surface area contributed by atoms with E-state index in [9.17, 15) is 19.5 Å². The summed E-state index contributed by atoms with van der Waals surface area (Å²) < 4.78 is -0.844. The number of hydrogen-bond donors (Lipinski definition) is 1. The van der Waals surface area contributed by atoms with E-state index in [4.69, 9.17) is 0 Å². The first-order valence-electron chi connectivity index (χ1n) is 13.4. The zero-order chi connectivity index (χ0) is 26.3. The van der Waals surface area contributed by atoms with E-state index >= 15 is 0 Å². The summed E-state index contributed by atoms with van der Waals surface area (Å²) in [5.74, 6) is -1.53. The second kappa shape index (κ2) is 10.3. The Hall–Kier alpha value is -2.58. The molecule has 2 fully saturated rings. The van der Waals surface area contributed by atoms with Gasteiger partial charge in [0.1, 0.15) is 6.04 Å². The molecule has 8 heteroatoms. The van der Waals surface area contributed by atoms with Crippen molar-refractivity contribution in [2.45, 2.75) is 68.3 Å². The number of benzene rings is 1. The largest absolute Gasteiger partial charge is 0.394 e. The number of fused-ring (bicyclic) bond motifs is 2. The van der Waals surface area contributed by atoms with Crippen molar-refractivity contribution < 1.29 is 19.5 Å². The first-order chi connectivity index (χ1) is 17.8. The van der Waals surface area contributed by atoms with Crippen LogP contribution in [0.25, 0.3) is 0 Å². The maximum Gasteiger partial charge on any atom is 0.247 e. The third-order valence-electron chi connectivity index (χ3n) is 8.41. The van der Waals surface area contributed by atoms with Crippen LogP contribution in [0.4, 0.5) is 0 Å². The Morgan fingerprint density at radius 3 is 2.49 bits per heavy atom. The minimum absolute atomic E-state index is 0.0394. The van der Waals surface area contributed by atoms with Crippen LogP contribution in [0.5, 0.6) is 0 Å². The van der Waals surface area contributed by atoms with Gasteiger partial charge in [-0.3, -0.25) is 14.4 Å². The molecule has 4 aliphatic heterocycles. The second-order valence-electron chi connectivity index (χ2n) is 10.8. The van der Waals surface area contributed by atoms with Gasteiger partial charge < -0.3 is 19.8 Å². The summed E-state index contributed by atoms with van der Waals surface area (Å²) in [6.45, 7) is 7.16. The SMILES string of the molecule is CCCC(C)N1CC=C[C@]23S[C@H]4C=CCN(Cc5ccccc5)C(=O)[C@H]4[C@H]2C(=O)N([C@H](C)CO)C3C1=O. The number of aliphatic hydroxyl groups excluding tert-OH is 1. The van der Waals surface area contributed by atoms with Crippen LogP contribution in [0, 0.1) is 11.8 Å². The molecule has 4 heterocycles. The monoisotopic (exact) mass is 523 g/mol. The number of hydrogen-bond acceptors (Lipinski definition) is 5. The predicted molar refractivity (Wildman–Crippen MR) is 144 cm³/mol. The molecule has 5 rings (SSSR count). The van der Waals surface area contributed by atoms with Crippen molar-refractivity contribution in [1.29, 1.82) is 0 Å². The molecule has 37 heavy (non-hydrogen) atoms. The zero-order valence-corrected chi connectivity index (χ0v) is 22.6. The van der Waals surface area contributed by atoms with Gasteiger partial charge in [-0.05, 0) is 25.8 Å². The van der Waals surface area contributed by atoms with Gasteiger partial charge in [0.15, 0.2) is 0 Å². The predicted octanol–water partition coefficient (Wildman–Crippen LogP) is 2.85. The minimum Gasteiger partial charge on any atom is -0.394 e. The van der Waals surface area contributed by atoms with Gasteiger partial charge >= 0.3 is 0 Å². The van der Waals surface area contributed by atoms with Crippen LogP contribution in [0.15, 0.2) is 54.6 Å². The maximum atomic E-state index is 14.2. The Labute approximate surface area is 223 Å². The number of nitrogens with zero attached hydrogens (tertiary/aromatic N) is 3. The molecule has 7 nitrogen and oxygen atoms in total. The highest BCUT2D eigenvalue weighted by Gasteiger charge is 2.71. The smallest absolute Gasteiger partial charge is 0.247 e. The molecule has 1 spiro atoms. The second-order valence-corrected chi connectivity index (χ2v) is 12.3. The Morgan fingerprint density at radius 2 is 1.78 bits per heavy atom. The lowest BCUT2D eigenvalue weighted by molar-refractivity contribution is -0.147. The van der Waals surface area contributed by atoms with Crippen molar-refractivity contribution in [3.63, 3.8) is 0 Å². The molecule has 3 amide bonds. The molecule has 0 radical (unpaired) electrons. The highest BCUT2D eigenvalue weighted by Crippen LogP contribution is 2.61. The van der Waals surface area contributed by atoms with E-state index in [0.29, 0.717) is 19.6 Å². The molecule has 4 aliphatic rings. The molecule has 1 N–H and O–H groups in total. The number of amides is 3. The van der Waals surface area contributed by atoms with Gasteiger partial charge in [0.25, 0.3) is 0 Å². The van der Waals surface area contributed by atoms with Gasteiger partial charge in [-0.1, -0.05) is 68.0 Å². The minimum atomic E-state index is -0.844. The van der Waals surface area contributed by atoms with Gasteiger partial charge in [0.05, 0.1) is 29.2 Å². The normalized spacial score (nSPS) is 32.6. The quantitative estimate of drug-likeness (QED) is 0.556. The van der Waals surface area contributed by atoms with Crippen LogP contribution in [-0.2, 0) is 20.9 Å². The summed E-state index contributed by atoms with van der Waals surface area (Å²) in [5, 5.41) is 9.90. The third-order valence-corrected chi connectivity index (χ3v) is 10.1. The lowest BCUT2D eigenvalue weighted by Gasteiger charge is -2.39. The summed E-state index contributed by atoms with van der Waals surface area (Å²) in [7, 11) is 0. The van der Waals surface area contributed by atoms with E-state index in [0.717, 1.165) is 18.4 Å². The molecular formula is C29H37N3O4S. The Morgan fingerprint density at radius 1 is 1.03 bits per heavy atom. The third kappa shape index (κ3) is 4.22. The lowest BCUT2D eigenvalue weighted by atomic mass is 9.78. The highest BCUT2D eigenvalue weighted by molar-refractivity contribution is 8.02. The van der Waals surface area contributed by atoms with E-state index in [-0.39, 0.29) is 35.6 Å². The molecule has 0 saturated carbocycles. The van der Waals surface area contributed by atoms with Crippen molar-refractivity contribution in [2.24, 2.45) is 11.8 Å². The van der Waals surface area contributed by atoms with E-state index in [1.165, 1.54) is 0 Å². The lowest BCUT2D eigenvalue weighted by Crippen LogP contribution is -2.57. The van der Waals surface area contributed by atoms with Crippen LogP contribution in [0.1, 0.15) is 39.2 Å². The number of thioether (sulfide) groups is 1. The summed E-state index contributed by atoms with van der Waals surface area (Å²) in [6, 6.07) is 8.66. The number of carbonyl (C=O) groups is 3. The zero-order valence-electron chi connectivity index (χ0n) is 21.8. The summed E-state index contributed by atoms with van der Waals surface area (Å²) >= 11 is 1.59. The average Bonchev–Trinajstić information content (AvgIpc) is 3.22. The molecule has 0 aromatic heterocycles. The van der Waals surface area contributed by atoms with Crippen LogP contribution in [0.3, 0.4) is 0 Å². The fourth-order valence-electron chi connectivity index (χ4n) is 6.62. The first-order valence-corrected chi connectivity index (χ1v) is 14.3. The number of likely N-dealkylation sites (tertiary alicyclic amines) is 1. The van der Waals surface area contributed by atoms with Crippen LogP contribution < -0.4 is 0 Å². The Bertz CT molecular complexity index is 1110. The van der Waals surface area contributed by atoms with Gasteiger partial charge in [0, 0.05) is 30.9 Å². The number of carbonyl (C=O) groups excluding carboxylic acids is 3. The molecular weight excluding hydrogens is 486 g/mol. The molecule has 1 aromatic carbocycles. The van der Waals surface area contributed by atoms with Gasteiger partial charge in [0.2, 0.25) is 17.7 Å². The van der Waals surface area contributed by atoms with Crippen molar-refractivity contribution in [3.05, 3.63) is 60.2 Å². The fourth-order valence-corrected chi connectivity index (χ4v) is 8.62. The summed E-state index contributed by atoms with van der Waals surface area (Å²) in [5.41, 5.74) is 1.04. The topological polar surface area (TPSA) is 81.2 Å². The van der Waals surface area contributed by atoms with Crippen molar-refractivity contribution in [2.75, 3.05) is 19.7 Å². The molecule has 2 unspecified atom stereocenters. The van der Waals surface area contributed by atoms with Crippen molar-refractivity contribution in [3.8, 4) is 0 Å². The number of aliphatic hydroxyl groups is 1. The molecule has 7 atom stereocenters. The molecule has 0 aliphatic carbocycles. The summed E-state index contributed by atoms with van der Waals surface area (Å²) in [6.07, 6.45) is 9.99. The standard InChI is InChI=1S/C29H37N3O4S/c1-4-10-19(2)31-16-9-14-29-24(27(35)32(20(3)18-33)25(29)28(31)36)23-22(37-29)13-8-15-30(26(23)34)17-21-11-6-5-7-12-21/h5-9,11-14,19-20,22-25,33H,4,10,15-18H2,1-3H3/t19?,20-,22+,23-,24+,25?,29+/m1/s1.